The second kappa shape index (κ2) is 6.63. The SMILES string of the molecule is CC1(C)CC(=O)C2=C(C1)Nc1n[nH]c(-c3cccc([N+](=O)[O-])c3)c1[C@@H]2c1cccs1. The molecule has 0 spiro atoms. The summed E-state index contributed by atoms with van der Waals surface area (Å²) in [6.45, 7) is 4.20. The fourth-order valence-electron chi connectivity index (χ4n) is 4.53. The lowest BCUT2D eigenvalue weighted by molar-refractivity contribution is -0.384. The van der Waals surface area contributed by atoms with Gasteiger partial charge in [0.25, 0.3) is 5.69 Å². The monoisotopic (exact) mass is 420 g/mol. The van der Waals surface area contributed by atoms with Gasteiger partial charge in [0.1, 0.15) is 0 Å². The smallest absolute Gasteiger partial charge is 0.270 e. The number of hydrogen-bond acceptors (Lipinski definition) is 6. The average Bonchev–Trinajstić information content (AvgIpc) is 3.35. The zero-order valence-corrected chi connectivity index (χ0v) is 17.4. The second-order valence-electron chi connectivity index (χ2n) is 8.57. The van der Waals surface area contributed by atoms with Gasteiger partial charge in [0.05, 0.1) is 16.5 Å². The fraction of sp³-hybridized carbons (Fsp3) is 0.273. The third kappa shape index (κ3) is 2.95. The van der Waals surface area contributed by atoms with E-state index in [1.807, 2.05) is 23.6 Å². The number of rotatable bonds is 3. The first kappa shape index (κ1) is 18.7. The number of benzene rings is 1. The van der Waals surface area contributed by atoms with Gasteiger partial charge in [-0.2, -0.15) is 5.10 Å². The Labute approximate surface area is 177 Å². The number of anilines is 1. The van der Waals surface area contributed by atoms with E-state index in [1.54, 1.807) is 17.4 Å². The maximum Gasteiger partial charge on any atom is 0.270 e. The van der Waals surface area contributed by atoms with Crippen LogP contribution in [0.15, 0.2) is 53.0 Å². The van der Waals surface area contributed by atoms with Gasteiger partial charge in [0, 0.05) is 45.8 Å². The molecule has 30 heavy (non-hydrogen) atoms. The number of allylic oxidation sites excluding steroid dienone is 2. The molecule has 5 rings (SSSR count). The molecule has 7 nitrogen and oxygen atoms in total. The minimum absolute atomic E-state index is 0.0164. The predicted molar refractivity (Wildman–Crippen MR) is 116 cm³/mol. The van der Waals surface area contributed by atoms with Crippen LogP contribution in [0.1, 0.15) is 43.0 Å². The van der Waals surface area contributed by atoms with Crippen molar-refractivity contribution in [2.45, 2.75) is 32.6 Å². The van der Waals surface area contributed by atoms with Crippen molar-refractivity contribution >= 4 is 28.6 Å². The van der Waals surface area contributed by atoms with Gasteiger partial charge in [-0.15, -0.1) is 11.3 Å². The van der Waals surface area contributed by atoms with E-state index in [0.717, 1.165) is 28.1 Å². The third-order valence-electron chi connectivity index (χ3n) is 5.74. The molecule has 0 saturated heterocycles. The van der Waals surface area contributed by atoms with Crippen molar-refractivity contribution in [3.8, 4) is 11.3 Å². The third-order valence-corrected chi connectivity index (χ3v) is 6.68. The number of aromatic nitrogens is 2. The summed E-state index contributed by atoms with van der Waals surface area (Å²) in [5, 5.41) is 24.2. The van der Waals surface area contributed by atoms with E-state index in [2.05, 4.69) is 29.4 Å². The van der Waals surface area contributed by atoms with Gasteiger partial charge in [-0.05, 0) is 23.3 Å². The minimum atomic E-state index is -0.408. The lowest BCUT2D eigenvalue weighted by Crippen LogP contribution is -2.33. The van der Waals surface area contributed by atoms with Gasteiger partial charge in [-0.1, -0.05) is 32.0 Å². The highest BCUT2D eigenvalue weighted by Crippen LogP contribution is 2.51. The second-order valence-corrected chi connectivity index (χ2v) is 9.55. The number of carbonyl (C=O) groups is 1. The first-order chi connectivity index (χ1) is 14.3. The van der Waals surface area contributed by atoms with Gasteiger partial charge in [-0.25, -0.2) is 0 Å². The molecule has 1 atom stereocenters. The molecule has 2 N–H and O–H groups in total. The number of nitro groups is 1. The zero-order chi connectivity index (χ0) is 21.0. The van der Waals surface area contributed by atoms with Crippen LogP contribution in [0.3, 0.4) is 0 Å². The molecular weight excluding hydrogens is 400 g/mol. The molecule has 2 aromatic heterocycles. The molecule has 0 unspecified atom stereocenters. The van der Waals surface area contributed by atoms with E-state index in [0.29, 0.717) is 23.5 Å². The van der Waals surface area contributed by atoms with Crippen LogP contribution in [0.4, 0.5) is 11.5 Å². The molecular formula is C22H20N4O3S. The van der Waals surface area contributed by atoms with Gasteiger partial charge in [-0.3, -0.25) is 20.0 Å². The molecule has 2 aliphatic rings. The van der Waals surface area contributed by atoms with Crippen molar-refractivity contribution in [1.82, 2.24) is 10.2 Å². The summed E-state index contributed by atoms with van der Waals surface area (Å²) in [6.07, 6.45) is 1.27. The van der Waals surface area contributed by atoms with E-state index >= 15 is 0 Å². The number of carbonyl (C=O) groups excluding carboxylic acids is 1. The number of nitrogens with one attached hydrogen (secondary N) is 2. The number of aromatic amines is 1. The van der Waals surface area contributed by atoms with E-state index in [9.17, 15) is 14.9 Å². The van der Waals surface area contributed by atoms with E-state index in [1.165, 1.54) is 12.1 Å². The van der Waals surface area contributed by atoms with Crippen molar-refractivity contribution in [2.24, 2.45) is 5.41 Å². The van der Waals surface area contributed by atoms with Crippen LogP contribution < -0.4 is 5.32 Å². The predicted octanol–water partition coefficient (Wildman–Crippen LogP) is 5.25. The highest BCUT2D eigenvalue weighted by Gasteiger charge is 2.43. The number of non-ortho nitro benzene ring substituents is 1. The first-order valence-electron chi connectivity index (χ1n) is 9.74. The summed E-state index contributed by atoms with van der Waals surface area (Å²) in [5.41, 5.74) is 3.86. The Hall–Kier alpha value is -3.26. The standard InChI is InChI=1S/C22H20N4O3S/c1-22(2)10-14-17(15(27)11-22)18(16-7-4-8-30-16)19-20(24-25-21(19)23-14)12-5-3-6-13(9-12)26(28)29/h3-9,18H,10-11H2,1-2H3,(H2,23,24,25)/t18-/m1/s1. The quantitative estimate of drug-likeness (QED) is 0.445. The van der Waals surface area contributed by atoms with Crippen molar-refractivity contribution in [2.75, 3.05) is 5.32 Å². The lowest BCUT2D eigenvalue weighted by Gasteiger charge is -2.37. The highest BCUT2D eigenvalue weighted by atomic mass is 32.1. The van der Waals surface area contributed by atoms with Gasteiger partial charge < -0.3 is 5.32 Å². The lowest BCUT2D eigenvalue weighted by atomic mass is 9.70. The van der Waals surface area contributed by atoms with Crippen LogP contribution in [-0.4, -0.2) is 20.9 Å². The van der Waals surface area contributed by atoms with Crippen molar-refractivity contribution in [3.63, 3.8) is 0 Å². The molecule has 0 amide bonds. The van der Waals surface area contributed by atoms with Crippen LogP contribution >= 0.6 is 11.3 Å². The Balaban J connectivity index is 1.71. The number of ketones is 1. The topological polar surface area (TPSA) is 101 Å². The van der Waals surface area contributed by atoms with Crippen LogP contribution in [0, 0.1) is 15.5 Å². The Morgan fingerprint density at radius 1 is 1.23 bits per heavy atom. The molecule has 8 heteroatoms. The summed E-state index contributed by atoms with van der Waals surface area (Å²) in [6, 6.07) is 10.5. The molecule has 1 aromatic carbocycles. The molecule has 152 valence electrons. The summed E-state index contributed by atoms with van der Waals surface area (Å²) < 4.78 is 0. The molecule has 3 heterocycles. The molecule has 0 fully saturated rings. The zero-order valence-electron chi connectivity index (χ0n) is 16.6. The van der Waals surface area contributed by atoms with E-state index < -0.39 is 4.92 Å². The Bertz CT molecular complexity index is 1210. The van der Waals surface area contributed by atoms with Gasteiger partial charge in [0.15, 0.2) is 11.6 Å². The Kier molecular flexibility index (Phi) is 4.14. The van der Waals surface area contributed by atoms with Crippen LogP contribution in [0.2, 0.25) is 0 Å². The Morgan fingerprint density at radius 3 is 2.80 bits per heavy atom. The summed E-state index contributed by atoms with van der Waals surface area (Å²) in [5.74, 6) is 0.580. The molecule has 0 bridgehead atoms. The summed E-state index contributed by atoms with van der Waals surface area (Å²) >= 11 is 1.60. The average molecular weight is 420 g/mol. The summed E-state index contributed by atoms with van der Waals surface area (Å²) in [4.78, 5) is 25.2. The Morgan fingerprint density at radius 2 is 2.07 bits per heavy atom. The van der Waals surface area contributed by atoms with Crippen molar-refractivity contribution in [3.05, 3.63) is 73.6 Å². The number of H-pyrrole nitrogens is 1. The van der Waals surface area contributed by atoms with E-state index in [-0.39, 0.29) is 22.8 Å². The number of Topliss-reactive ketones (excluding diaryl/α,β-unsaturated/α-hetero) is 1. The number of fused-ring (bicyclic) bond motifs is 1. The maximum atomic E-state index is 13.3. The number of thiophene rings is 1. The number of nitro benzene ring substituents is 1. The van der Waals surface area contributed by atoms with Gasteiger partial charge in [0.2, 0.25) is 0 Å². The van der Waals surface area contributed by atoms with Crippen molar-refractivity contribution in [1.29, 1.82) is 0 Å². The maximum absolute atomic E-state index is 13.3. The van der Waals surface area contributed by atoms with Crippen LogP contribution in [-0.2, 0) is 4.79 Å². The normalized spacial score (nSPS) is 19.8. The fourth-order valence-corrected chi connectivity index (χ4v) is 5.37. The largest absolute Gasteiger partial charge is 0.342 e. The van der Waals surface area contributed by atoms with Crippen molar-refractivity contribution < 1.29 is 9.72 Å². The molecule has 1 aliphatic carbocycles. The van der Waals surface area contributed by atoms with Gasteiger partial charge >= 0.3 is 0 Å². The summed E-state index contributed by atoms with van der Waals surface area (Å²) in [7, 11) is 0. The highest BCUT2D eigenvalue weighted by molar-refractivity contribution is 7.10. The molecule has 3 aromatic rings. The van der Waals surface area contributed by atoms with Crippen LogP contribution in [0.25, 0.3) is 11.3 Å². The molecule has 1 aliphatic heterocycles. The van der Waals surface area contributed by atoms with Crippen LogP contribution in [0.5, 0.6) is 0 Å². The van der Waals surface area contributed by atoms with E-state index in [4.69, 9.17) is 0 Å². The number of hydrogen-bond donors (Lipinski definition) is 2. The molecule has 0 radical (unpaired) electrons. The molecule has 0 saturated carbocycles. The first-order valence-corrected chi connectivity index (χ1v) is 10.6. The minimum Gasteiger partial charge on any atom is -0.342 e. The number of nitrogens with zero attached hydrogens (tertiary/aromatic N) is 2.